The lowest BCUT2D eigenvalue weighted by molar-refractivity contribution is 0.215. The van der Waals surface area contributed by atoms with Crippen molar-refractivity contribution in [2.24, 2.45) is 0 Å². The van der Waals surface area contributed by atoms with Gasteiger partial charge in [0.1, 0.15) is 24.7 Å². The Morgan fingerprint density at radius 1 is 0.952 bits per heavy atom. The number of benzene rings is 2. The summed E-state index contributed by atoms with van der Waals surface area (Å²) in [6.07, 6.45) is 0. The average Bonchev–Trinajstić information content (AvgIpc) is 2.47. The molecule has 0 aromatic heterocycles. The fourth-order valence-electron chi connectivity index (χ4n) is 2.19. The summed E-state index contributed by atoms with van der Waals surface area (Å²) in [5.74, 6) is 1.69. The van der Waals surface area contributed by atoms with E-state index >= 15 is 0 Å². The molecule has 4 heteroatoms. The third kappa shape index (κ3) is 4.48. The van der Waals surface area contributed by atoms with E-state index in [1.807, 2.05) is 50.2 Å². The van der Waals surface area contributed by atoms with E-state index in [0.717, 1.165) is 32.7 Å². The fourth-order valence-corrected chi connectivity index (χ4v) is 2.46. The molecule has 112 valence electrons. The van der Waals surface area contributed by atoms with Crippen molar-refractivity contribution in [2.75, 3.05) is 13.2 Å². The van der Waals surface area contributed by atoms with Gasteiger partial charge < -0.3 is 14.6 Å². The van der Waals surface area contributed by atoms with E-state index in [9.17, 15) is 5.11 Å². The normalized spacial score (nSPS) is 10.5. The highest BCUT2D eigenvalue weighted by atomic mass is 79.9. The molecule has 0 atom stereocenters. The molecule has 0 saturated carbocycles. The first-order valence-electron chi connectivity index (χ1n) is 6.82. The minimum absolute atomic E-state index is 0.0502. The minimum atomic E-state index is 0.0502. The summed E-state index contributed by atoms with van der Waals surface area (Å²) < 4.78 is 12.4. The Bertz CT molecular complexity index is 570. The number of hydrogen-bond acceptors (Lipinski definition) is 3. The van der Waals surface area contributed by atoms with E-state index in [2.05, 4.69) is 15.9 Å². The lowest BCUT2D eigenvalue weighted by Gasteiger charge is -2.14. The zero-order valence-corrected chi connectivity index (χ0v) is 13.8. The van der Waals surface area contributed by atoms with Gasteiger partial charge >= 0.3 is 0 Å². The highest BCUT2D eigenvalue weighted by Gasteiger charge is 2.06. The summed E-state index contributed by atoms with van der Waals surface area (Å²) in [7, 11) is 0. The van der Waals surface area contributed by atoms with Crippen LogP contribution in [0.5, 0.6) is 11.5 Å². The molecule has 2 rings (SSSR count). The molecule has 0 aliphatic carbocycles. The van der Waals surface area contributed by atoms with E-state index in [0.29, 0.717) is 13.2 Å². The first kappa shape index (κ1) is 15.9. The van der Waals surface area contributed by atoms with Gasteiger partial charge in [-0.3, -0.25) is 0 Å². The highest BCUT2D eigenvalue weighted by Crippen LogP contribution is 2.25. The van der Waals surface area contributed by atoms with Crippen molar-refractivity contribution in [3.63, 3.8) is 0 Å². The lowest BCUT2D eigenvalue weighted by atomic mass is 10.1. The molecule has 0 aliphatic rings. The predicted octanol–water partition coefficient (Wildman–Crippen LogP) is 4.02. The molecule has 2 aromatic carbocycles. The van der Waals surface area contributed by atoms with Gasteiger partial charge in [-0.1, -0.05) is 28.1 Å². The van der Waals surface area contributed by atoms with Crippen molar-refractivity contribution in [1.82, 2.24) is 0 Å². The van der Waals surface area contributed by atoms with E-state index < -0.39 is 0 Å². The average molecular weight is 351 g/mol. The van der Waals surface area contributed by atoms with E-state index in [1.54, 1.807) is 0 Å². The number of rotatable bonds is 6. The van der Waals surface area contributed by atoms with Gasteiger partial charge in [-0.15, -0.1) is 0 Å². The van der Waals surface area contributed by atoms with Gasteiger partial charge in [0.25, 0.3) is 0 Å². The zero-order valence-electron chi connectivity index (χ0n) is 12.2. The van der Waals surface area contributed by atoms with Crippen LogP contribution in [0.25, 0.3) is 0 Å². The van der Waals surface area contributed by atoms with E-state index in [1.165, 1.54) is 0 Å². The smallest absolute Gasteiger partial charge is 0.125 e. The van der Waals surface area contributed by atoms with Gasteiger partial charge in [0, 0.05) is 4.47 Å². The second-order valence-corrected chi connectivity index (χ2v) is 5.78. The monoisotopic (exact) mass is 350 g/mol. The fraction of sp³-hybridized carbons (Fsp3) is 0.294. The molecular formula is C17H19BrO3. The third-order valence-electron chi connectivity index (χ3n) is 3.11. The van der Waals surface area contributed by atoms with Crippen LogP contribution < -0.4 is 9.47 Å². The molecule has 0 heterocycles. The summed E-state index contributed by atoms with van der Waals surface area (Å²) in [4.78, 5) is 0. The molecule has 0 aliphatic heterocycles. The summed E-state index contributed by atoms with van der Waals surface area (Å²) in [5, 5.41) is 9.17. The Morgan fingerprint density at radius 3 is 2.10 bits per heavy atom. The summed E-state index contributed by atoms with van der Waals surface area (Å²) >= 11 is 3.39. The Balaban J connectivity index is 1.87. The van der Waals surface area contributed by atoms with Crippen LogP contribution in [0.1, 0.15) is 16.7 Å². The van der Waals surface area contributed by atoms with Crippen LogP contribution in [0, 0.1) is 13.8 Å². The van der Waals surface area contributed by atoms with Gasteiger partial charge in [-0.2, -0.15) is 0 Å². The Labute approximate surface area is 133 Å². The van der Waals surface area contributed by atoms with Crippen molar-refractivity contribution < 1.29 is 14.6 Å². The molecule has 0 radical (unpaired) electrons. The van der Waals surface area contributed by atoms with Crippen LogP contribution in [0.3, 0.4) is 0 Å². The summed E-state index contributed by atoms with van der Waals surface area (Å²) in [5.41, 5.74) is 2.97. The van der Waals surface area contributed by atoms with Crippen LogP contribution in [-0.2, 0) is 6.61 Å². The number of halogens is 1. The van der Waals surface area contributed by atoms with Crippen molar-refractivity contribution >= 4 is 15.9 Å². The number of aryl methyl sites for hydroxylation is 2. The van der Waals surface area contributed by atoms with Crippen LogP contribution in [0.15, 0.2) is 40.9 Å². The first-order chi connectivity index (χ1) is 10.1. The quantitative estimate of drug-likeness (QED) is 0.799. The molecule has 1 N–H and O–H groups in total. The Hall–Kier alpha value is -1.52. The molecule has 21 heavy (non-hydrogen) atoms. The maximum Gasteiger partial charge on any atom is 0.125 e. The number of ether oxygens (including phenoxy) is 2. The minimum Gasteiger partial charge on any atom is -0.490 e. The predicted molar refractivity (Wildman–Crippen MR) is 87.0 cm³/mol. The number of hydrogen-bond donors (Lipinski definition) is 1. The maximum atomic E-state index is 9.17. The Kier molecular flexibility index (Phi) is 5.65. The van der Waals surface area contributed by atoms with Gasteiger partial charge in [0.15, 0.2) is 0 Å². The van der Waals surface area contributed by atoms with Crippen LogP contribution in [0.2, 0.25) is 0 Å². The molecule has 3 nitrogen and oxygen atoms in total. The van der Waals surface area contributed by atoms with Gasteiger partial charge in [0.05, 0.1) is 6.61 Å². The molecule has 2 aromatic rings. The molecule has 0 saturated heterocycles. The van der Waals surface area contributed by atoms with Gasteiger partial charge in [0.2, 0.25) is 0 Å². The maximum absolute atomic E-state index is 9.17. The van der Waals surface area contributed by atoms with E-state index in [4.69, 9.17) is 9.47 Å². The first-order valence-corrected chi connectivity index (χ1v) is 7.61. The van der Waals surface area contributed by atoms with E-state index in [-0.39, 0.29) is 6.61 Å². The van der Waals surface area contributed by atoms with Crippen molar-refractivity contribution in [2.45, 2.75) is 20.5 Å². The summed E-state index contributed by atoms with van der Waals surface area (Å²) in [6, 6.07) is 11.6. The lowest BCUT2D eigenvalue weighted by Crippen LogP contribution is -2.10. The van der Waals surface area contributed by atoms with Crippen LogP contribution in [0.4, 0.5) is 0 Å². The topological polar surface area (TPSA) is 38.7 Å². The van der Waals surface area contributed by atoms with Crippen molar-refractivity contribution in [3.8, 4) is 11.5 Å². The molecule has 0 spiro atoms. The van der Waals surface area contributed by atoms with Crippen LogP contribution in [-0.4, -0.2) is 18.3 Å². The third-order valence-corrected chi connectivity index (χ3v) is 3.64. The highest BCUT2D eigenvalue weighted by molar-refractivity contribution is 9.10. The van der Waals surface area contributed by atoms with Gasteiger partial charge in [-0.25, -0.2) is 0 Å². The van der Waals surface area contributed by atoms with Crippen molar-refractivity contribution in [1.29, 1.82) is 0 Å². The number of aliphatic hydroxyl groups excluding tert-OH is 1. The largest absolute Gasteiger partial charge is 0.490 e. The molecule has 0 amide bonds. The van der Waals surface area contributed by atoms with Crippen LogP contribution >= 0.6 is 15.9 Å². The zero-order chi connectivity index (χ0) is 15.2. The SMILES string of the molecule is Cc1cc(CO)cc(C)c1OCCOc1ccc(Br)cc1. The molecular weight excluding hydrogens is 332 g/mol. The second-order valence-electron chi connectivity index (χ2n) is 4.87. The standard InChI is InChI=1S/C17H19BrO3/c1-12-9-14(11-19)10-13(2)17(12)21-8-7-20-16-5-3-15(18)4-6-16/h3-6,9-10,19H,7-8,11H2,1-2H3. The molecule has 0 fully saturated rings. The molecule has 0 bridgehead atoms. The molecule has 0 unspecified atom stereocenters. The van der Waals surface area contributed by atoms with Gasteiger partial charge in [-0.05, 0) is 54.8 Å². The Morgan fingerprint density at radius 2 is 1.52 bits per heavy atom. The van der Waals surface area contributed by atoms with Crippen molar-refractivity contribution in [3.05, 3.63) is 57.6 Å². The number of aliphatic hydroxyl groups is 1. The summed E-state index contributed by atoms with van der Waals surface area (Å²) in [6.45, 7) is 4.99. The second kappa shape index (κ2) is 7.48.